The van der Waals surface area contributed by atoms with Gasteiger partial charge in [0.05, 0.1) is 14.2 Å². The lowest BCUT2D eigenvalue weighted by Crippen LogP contribution is -2.37. The van der Waals surface area contributed by atoms with E-state index in [1.54, 1.807) is 14.2 Å². The van der Waals surface area contributed by atoms with Gasteiger partial charge in [-0.05, 0) is 38.6 Å². The smallest absolute Gasteiger partial charge is 0.123 e. The summed E-state index contributed by atoms with van der Waals surface area (Å²) in [5.74, 6) is 1.62. The second kappa shape index (κ2) is 7.36. The number of nitrogens with zero attached hydrogens (tertiary/aromatic N) is 1. The molecule has 0 heterocycles. The Kier molecular flexibility index (Phi) is 6.12. The van der Waals surface area contributed by atoms with E-state index in [-0.39, 0.29) is 6.04 Å². The number of ether oxygens (including phenoxy) is 2. The highest BCUT2D eigenvalue weighted by molar-refractivity contribution is 5.42. The van der Waals surface area contributed by atoms with Gasteiger partial charge in [0.1, 0.15) is 11.5 Å². The molecule has 4 nitrogen and oxygen atoms in total. The fourth-order valence-electron chi connectivity index (χ4n) is 2.19. The fraction of sp³-hybridized carbons (Fsp3) is 0.600. The van der Waals surface area contributed by atoms with Crippen LogP contribution in [0.25, 0.3) is 0 Å². The number of likely N-dealkylation sites (N-methyl/N-ethyl adjacent to an activating group) is 1. The summed E-state index contributed by atoms with van der Waals surface area (Å²) in [5.41, 5.74) is 7.32. The standard InChI is InChI=1S/C15H26N2O2/c1-6-17(11(2)3)10-14(16)13-9-12(18-4)7-8-15(13)19-5/h7-9,11,14H,6,10,16H2,1-5H3. The Balaban J connectivity index is 2.93. The van der Waals surface area contributed by atoms with Crippen molar-refractivity contribution in [1.82, 2.24) is 4.90 Å². The normalized spacial score (nSPS) is 12.8. The maximum atomic E-state index is 6.33. The third-order valence-corrected chi connectivity index (χ3v) is 3.40. The van der Waals surface area contributed by atoms with Crippen LogP contribution in [0.15, 0.2) is 18.2 Å². The average Bonchev–Trinajstić information content (AvgIpc) is 2.43. The number of hydrogen-bond acceptors (Lipinski definition) is 4. The first kappa shape index (κ1) is 15.8. The Morgan fingerprint density at radius 2 is 1.89 bits per heavy atom. The number of nitrogens with two attached hydrogens (primary N) is 1. The van der Waals surface area contributed by atoms with Gasteiger partial charge >= 0.3 is 0 Å². The zero-order valence-electron chi connectivity index (χ0n) is 12.6. The number of methoxy groups -OCH3 is 2. The van der Waals surface area contributed by atoms with Crippen molar-refractivity contribution >= 4 is 0 Å². The van der Waals surface area contributed by atoms with Crippen molar-refractivity contribution < 1.29 is 9.47 Å². The highest BCUT2D eigenvalue weighted by Gasteiger charge is 2.17. The van der Waals surface area contributed by atoms with Gasteiger partial charge in [0.25, 0.3) is 0 Å². The van der Waals surface area contributed by atoms with Crippen LogP contribution in [0.2, 0.25) is 0 Å². The lowest BCUT2D eigenvalue weighted by atomic mass is 10.0. The molecule has 0 radical (unpaired) electrons. The Morgan fingerprint density at radius 3 is 2.37 bits per heavy atom. The largest absolute Gasteiger partial charge is 0.497 e. The molecule has 0 aliphatic carbocycles. The van der Waals surface area contributed by atoms with Gasteiger partial charge in [-0.25, -0.2) is 0 Å². The highest BCUT2D eigenvalue weighted by Crippen LogP contribution is 2.28. The zero-order valence-corrected chi connectivity index (χ0v) is 12.6. The lowest BCUT2D eigenvalue weighted by Gasteiger charge is -2.28. The maximum absolute atomic E-state index is 6.33. The summed E-state index contributed by atoms with van der Waals surface area (Å²) >= 11 is 0. The molecule has 0 bridgehead atoms. The van der Waals surface area contributed by atoms with Crippen molar-refractivity contribution in [3.05, 3.63) is 23.8 Å². The van der Waals surface area contributed by atoms with E-state index >= 15 is 0 Å². The van der Waals surface area contributed by atoms with E-state index in [9.17, 15) is 0 Å². The molecule has 0 aliphatic rings. The minimum Gasteiger partial charge on any atom is -0.497 e. The third kappa shape index (κ3) is 4.11. The van der Waals surface area contributed by atoms with Gasteiger partial charge in [-0.15, -0.1) is 0 Å². The van der Waals surface area contributed by atoms with E-state index in [0.717, 1.165) is 30.2 Å². The lowest BCUT2D eigenvalue weighted by molar-refractivity contribution is 0.218. The van der Waals surface area contributed by atoms with Crippen molar-refractivity contribution in [2.24, 2.45) is 5.73 Å². The SMILES string of the molecule is CCN(CC(N)c1cc(OC)ccc1OC)C(C)C. The van der Waals surface area contributed by atoms with E-state index in [4.69, 9.17) is 15.2 Å². The minimum atomic E-state index is -0.0904. The Bertz CT molecular complexity index is 394. The van der Waals surface area contributed by atoms with Crippen molar-refractivity contribution in [2.45, 2.75) is 32.9 Å². The first-order valence-electron chi connectivity index (χ1n) is 6.75. The van der Waals surface area contributed by atoms with Crippen molar-refractivity contribution in [3.8, 4) is 11.5 Å². The van der Waals surface area contributed by atoms with E-state index in [0.29, 0.717) is 6.04 Å². The first-order chi connectivity index (χ1) is 9.03. The number of hydrogen-bond donors (Lipinski definition) is 1. The van der Waals surface area contributed by atoms with Gasteiger partial charge < -0.3 is 15.2 Å². The summed E-state index contributed by atoms with van der Waals surface area (Å²) < 4.78 is 10.6. The maximum Gasteiger partial charge on any atom is 0.123 e. The van der Waals surface area contributed by atoms with Crippen LogP contribution in [0, 0.1) is 0 Å². The molecule has 0 saturated heterocycles. The zero-order chi connectivity index (χ0) is 14.4. The molecule has 0 spiro atoms. The van der Waals surface area contributed by atoms with E-state index < -0.39 is 0 Å². The molecule has 1 unspecified atom stereocenters. The Morgan fingerprint density at radius 1 is 1.21 bits per heavy atom. The van der Waals surface area contributed by atoms with Crippen LogP contribution in [0.5, 0.6) is 11.5 Å². The molecule has 0 amide bonds. The molecule has 0 fully saturated rings. The van der Waals surface area contributed by atoms with Gasteiger partial charge in [0, 0.05) is 24.2 Å². The molecule has 0 aromatic heterocycles. The van der Waals surface area contributed by atoms with E-state index in [1.165, 1.54) is 0 Å². The van der Waals surface area contributed by atoms with Gasteiger partial charge in [0.2, 0.25) is 0 Å². The molecule has 1 rings (SSSR count). The van der Waals surface area contributed by atoms with Gasteiger partial charge in [-0.3, -0.25) is 4.90 Å². The van der Waals surface area contributed by atoms with E-state index in [1.807, 2.05) is 18.2 Å². The van der Waals surface area contributed by atoms with Crippen LogP contribution < -0.4 is 15.2 Å². The highest BCUT2D eigenvalue weighted by atomic mass is 16.5. The Labute approximate surface area is 116 Å². The molecule has 0 saturated carbocycles. The predicted octanol–water partition coefficient (Wildman–Crippen LogP) is 2.43. The van der Waals surface area contributed by atoms with Crippen LogP contribution in [-0.2, 0) is 0 Å². The second-order valence-electron chi connectivity index (χ2n) is 4.90. The summed E-state index contributed by atoms with van der Waals surface area (Å²) in [6, 6.07) is 6.13. The molecule has 108 valence electrons. The third-order valence-electron chi connectivity index (χ3n) is 3.40. The second-order valence-corrected chi connectivity index (χ2v) is 4.90. The molecule has 1 aromatic rings. The summed E-state index contributed by atoms with van der Waals surface area (Å²) in [6.45, 7) is 8.29. The summed E-state index contributed by atoms with van der Waals surface area (Å²) in [7, 11) is 3.32. The molecular formula is C15H26N2O2. The quantitative estimate of drug-likeness (QED) is 0.823. The molecule has 2 N–H and O–H groups in total. The van der Waals surface area contributed by atoms with Gasteiger partial charge in [0.15, 0.2) is 0 Å². The summed E-state index contributed by atoms with van der Waals surface area (Å²) in [6.07, 6.45) is 0. The molecule has 1 aromatic carbocycles. The number of benzene rings is 1. The van der Waals surface area contributed by atoms with Gasteiger partial charge in [-0.1, -0.05) is 6.92 Å². The molecule has 19 heavy (non-hydrogen) atoms. The molecule has 1 atom stereocenters. The molecule has 4 heteroatoms. The van der Waals surface area contributed by atoms with Crippen LogP contribution in [0.4, 0.5) is 0 Å². The first-order valence-corrected chi connectivity index (χ1v) is 6.75. The monoisotopic (exact) mass is 266 g/mol. The van der Waals surface area contributed by atoms with Crippen LogP contribution >= 0.6 is 0 Å². The van der Waals surface area contributed by atoms with Crippen LogP contribution in [-0.4, -0.2) is 38.3 Å². The van der Waals surface area contributed by atoms with Crippen molar-refractivity contribution in [1.29, 1.82) is 0 Å². The fourth-order valence-corrected chi connectivity index (χ4v) is 2.19. The summed E-state index contributed by atoms with van der Waals surface area (Å²) in [4.78, 5) is 2.34. The Hall–Kier alpha value is -1.26. The molecular weight excluding hydrogens is 240 g/mol. The van der Waals surface area contributed by atoms with Crippen molar-refractivity contribution in [2.75, 3.05) is 27.3 Å². The average molecular weight is 266 g/mol. The predicted molar refractivity (Wildman–Crippen MR) is 78.9 cm³/mol. The van der Waals surface area contributed by atoms with Gasteiger partial charge in [-0.2, -0.15) is 0 Å². The van der Waals surface area contributed by atoms with Crippen LogP contribution in [0.3, 0.4) is 0 Å². The summed E-state index contributed by atoms with van der Waals surface area (Å²) in [5, 5.41) is 0. The number of rotatable bonds is 7. The van der Waals surface area contributed by atoms with Crippen LogP contribution in [0.1, 0.15) is 32.4 Å². The minimum absolute atomic E-state index is 0.0904. The van der Waals surface area contributed by atoms with E-state index in [2.05, 4.69) is 25.7 Å². The topological polar surface area (TPSA) is 47.7 Å². The van der Waals surface area contributed by atoms with Crippen molar-refractivity contribution in [3.63, 3.8) is 0 Å². The molecule has 0 aliphatic heterocycles.